The van der Waals surface area contributed by atoms with E-state index in [-0.39, 0.29) is 11.6 Å². The van der Waals surface area contributed by atoms with Gasteiger partial charge in [-0.05, 0) is 60.5 Å². The van der Waals surface area contributed by atoms with Gasteiger partial charge >= 0.3 is 11.8 Å². The van der Waals surface area contributed by atoms with Gasteiger partial charge < -0.3 is 14.8 Å². The van der Waals surface area contributed by atoms with Crippen molar-refractivity contribution < 1.29 is 23.5 Å². The zero-order valence-corrected chi connectivity index (χ0v) is 19.7. The number of carbonyl (C=O) groups is 2. The number of carbonyl (C=O) groups excluding carboxylic acids is 2. The molecule has 0 fully saturated rings. The molecule has 0 spiro atoms. The molecule has 0 radical (unpaired) electrons. The fraction of sp³-hybridized carbons (Fsp3) is 0.125. The van der Waals surface area contributed by atoms with E-state index in [1.807, 2.05) is 0 Å². The second kappa shape index (κ2) is 11.5. The largest absolute Gasteiger partial charge is 0.493 e. The Kier molecular flexibility index (Phi) is 8.45. The van der Waals surface area contributed by atoms with Crippen LogP contribution >= 0.6 is 23.2 Å². The van der Waals surface area contributed by atoms with E-state index in [2.05, 4.69) is 15.8 Å². The summed E-state index contributed by atoms with van der Waals surface area (Å²) in [4.78, 5) is 24.1. The molecular weight excluding hydrogens is 484 g/mol. The molecule has 2 amide bonds. The predicted molar refractivity (Wildman–Crippen MR) is 129 cm³/mol. The first-order valence-electron chi connectivity index (χ1n) is 9.92. The molecule has 0 aromatic heterocycles. The number of amides is 2. The molecule has 0 unspecified atom stereocenters. The first-order valence-corrected chi connectivity index (χ1v) is 10.7. The van der Waals surface area contributed by atoms with Crippen LogP contribution in [0.25, 0.3) is 0 Å². The van der Waals surface area contributed by atoms with E-state index < -0.39 is 17.6 Å². The summed E-state index contributed by atoms with van der Waals surface area (Å²) in [6.45, 7) is 1.84. The molecule has 0 aliphatic rings. The molecule has 0 aliphatic carbocycles. The normalized spacial score (nSPS) is 10.7. The number of hydrazone groups is 1. The van der Waals surface area contributed by atoms with Gasteiger partial charge in [0.25, 0.3) is 0 Å². The van der Waals surface area contributed by atoms with E-state index in [4.69, 9.17) is 32.7 Å². The first-order chi connectivity index (χ1) is 16.3. The van der Waals surface area contributed by atoms with Crippen molar-refractivity contribution in [2.45, 2.75) is 13.5 Å². The van der Waals surface area contributed by atoms with Crippen molar-refractivity contribution in [2.75, 3.05) is 12.4 Å². The van der Waals surface area contributed by atoms with Crippen LogP contribution in [0.1, 0.15) is 16.7 Å². The second-order valence-corrected chi connectivity index (χ2v) is 7.81. The van der Waals surface area contributed by atoms with Crippen molar-refractivity contribution >= 4 is 46.9 Å². The third kappa shape index (κ3) is 6.46. The van der Waals surface area contributed by atoms with Crippen molar-refractivity contribution in [3.8, 4) is 11.5 Å². The van der Waals surface area contributed by atoms with Gasteiger partial charge in [0, 0.05) is 16.3 Å². The molecule has 0 saturated carbocycles. The number of nitrogens with zero attached hydrogens (tertiary/aromatic N) is 1. The number of anilines is 1. The predicted octanol–water partition coefficient (Wildman–Crippen LogP) is 5.12. The first kappa shape index (κ1) is 25.0. The summed E-state index contributed by atoms with van der Waals surface area (Å²) in [5.41, 5.74) is 4.43. The van der Waals surface area contributed by atoms with Crippen LogP contribution in [0.4, 0.5) is 10.1 Å². The van der Waals surface area contributed by atoms with Gasteiger partial charge in [0.1, 0.15) is 12.4 Å². The Balaban J connectivity index is 1.59. The summed E-state index contributed by atoms with van der Waals surface area (Å²) in [7, 11) is 1.47. The minimum Gasteiger partial charge on any atom is -0.493 e. The second-order valence-electron chi connectivity index (χ2n) is 7.00. The molecule has 0 saturated heterocycles. The van der Waals surface area contributed by atoms with E-state index in [0.29, 0.717) is 38.9 Å². The number of benzene rings is 3. The Morgan fingerprint density at radius 2 is 1.82 bits per heavy atom. The van der Waals surface area contributed by atoms with Gasteiger partial charge in [-0.2, -0.15) is 5.10 Å². The van der Waals surface area contributed by atoms with Crippen molar-refractivity contribution in [3.63, 3.8) is 0 Å². The molecule has 34 heavy (non-hydrogen) atoms. The molecule has 3 aromatic carbocycles. The molecule has 176 valence electrons. The summed E-state index contributed by atoms with van der Waals surface area (Å²) >= 11 is 12.0. The van der Waals surface area contributed by atoms with E-state index >= 15 is 0 Å². The molecule has 0 aliphatic heterocycles. The van der Waals surface area contributed by atoms with Crippen LogP contribution in [0.15, 0.2) is 59.7 Å². The Labute approximate surface area is 205 Å². The molecule has 3 aromatic rings. The summed E-state index contributed by atoms with van der Waals surface area (Å²) in [6, 6.07) is 14.0. The highest BCUT2D eigenvalue weighted by atomic mass is 35.5. The molecule has 0 atom stereocenters. The molecule has 3 rings (SSSR count). The Morgan fingerprint density at radius 3 is 2.56 bits per heavy atom. The lowest BCUT2D eigenvalue weighted by Gasteiger charge is -2.12. The summed E-state index contributed by atoms with van der Waals surface area (Å²) in [5, 5.41) is 7.01. The number of ether oxygens (including phenoxy) is 2. The molecule has 0 bridgehead atoms. The van der Waals surface area contributed by atoms with Crippen LogP contribution in [0.3, 0.4) is 0 Å². The Bertz CT molecular complexity index is 1250. The van der Waals surface area contributed by atoms with E-state index in [9.17, 15) is 14.0 Å². The number of hydrogen-bond acceptors (Lipinski definition) is 5. The lowest BCUT2D eigenvalue weighted by molar-refractivity contribution is -0.136. The molecular formula is C24H20Cl2FN3O4. The van der Waals surface area contributed by atoms with E-state index in [1.54, 1.807) is 43.3 Å². The average Bonchev–Trinajstić information content (AvgIpc) is 2.81. The number of nitrogens with one attached hydrogen (secondary N) is 2. The zero-order valence-electron chi connectivity index (χ0n) is 18.2. The van der Waals surface area contributed by atoms with Gasteiger partial charge in [-0.3, -0.25) is 9.59 Å². The van der Waals surface area contributed by atoms with Crippen LogP contribution in [-0.4, -0.2) is 25.1 Å². The lowest BCUT2D eigenvalue weighted by atomic mass is 10.2. The van der Waals surface area contributed by atoms with Gasteiger partial charge in [-0.25, -0.2) is 9.82 Å². The molecule has 0 heterocycles. The van der Waals surface area contributed by atoms with Gasteiger partial charge in [0.2, 0.25) is 0 Å². The Hall–Kier alpha value is -3.62. The Morgan fingerprint density at radius 1 is 1.03 bits per heavy atom. The van der Waals surface area contributed by atoms with Gasteiger partial charge in [-0.1, -0.05) is 35.3 Å². The standard InChI is InChI=1S/C24H20Cl2FN3O4/c1-14-18(25)4-3-5-20(14)29-23(31)24(32)30-28-12-15-6-9-21(22(10-15)33-2)34-13-16-7-8-17(27)11-19(16)26/h3-12H,13H2,1-2H3,(H,29,31)(H,30,32). The molecule has 10 heteroatoms. The summed E-state index contributed by atoms with van der Waals surface area (Å²) in [6.07, 6.45) is 1.35. The van der Waals surface area contributed by atoms with Gasteiger partial charge in [0.05, 0.1) is 18.3 Å². The quantitative estimate of drug-likeness (QED) is 0.266. The van der Waals surface area contributed by atoms with Crippen molar-refractivity contribution in [2.24, 2.45) is 5.10 Å². The maximum Gasteiger partial charge on any atom is 0.329 e. The van der Waals surface area contributed by atoms with Crippen molar-refractivity contribution in [3.05, 3.63) is 87.2 Å². The van der Waals surface area contributed by atoms with Gasteiger partial charge in [0.15, 0.2) is 11.5 Å². The van der Waals surface area contributed by atoms with Crippen LogP contribution in [0.5, 0.6) is 11.5 Å². The number of hydrogen-bond donors (Lipinski definition) is 2. The SMILES string of the molecule is COc1cc(C=NNC(=O)C(=O)Nc2cccc(Cl)c2C)ccc1OCc1ccc(F)cc1Cl. The third-order valence-electron chi connectivity index (χ3n) is 4.69. The maximum absolute atomic E-state index is 13.2. The minimum absolute atomic E-state index is 0.111. The van der Waals surface area contributed by atoms with Crippen molar-refractivity contribution in [1.82, 2.24) is 5.43 Å². The fourth-order valence-corrected chi connectivity index (χ4v) is 3.21. The lowest BCUT2D eigenvalue weighted by Crippen LogP contribution is -2.32. The minimum atomic E-state index is -0.946. The van der Waals surface area contributed by atoms with Crippen LogP contribution < -0.4 is 20.2 Å². The number of methoxy groups -OCH3 is 1. The smallest absolute Gasteiger partial charge is 0.329 e. The molecule has 7 nitrogen and oxygen atoms in total. The monoisotopic (exact) mass is 503 g/mol. The maximum atomic E-state index is 13.2. The topological polar surface area (TPSA) is 89.0 Å². The van der Waals surface area contributed by atoms with Crippen LogP contribution in [-0.2, 0) is 16.2 Å². The van der Waals surface area contributed by atoms with Crippen LogP contribution in [0, 0.1) is 12.7 Å². The van der Waals surface area contributed by atoms with Crippen LogP contribution in [0.2, 0.25) is 10.0 Å². The number of rotatable bonds is 7. The summed E-state index contributed by atoms with van der Waals surface area (Å²) in [5.74, 6) is -1.43. The highest BCUT2D eigenvalue weighted by Gasteiger charge is 2.15. The third-order valence-corrected chi connectivity index (χ3v) is 5.45. The van der Waals surface area contributed by atoms with E-state index in [1.165, 1.54) is 31.5 Å². The van der Waals surface area contributed by atoms with E-state index in [0.717, 1.165) is 0 Å². The van der Waals surface area contributed by atoms with Gasteiger partial charge in [-0.15, -0.1) is 0 Å². The highest BCUT2D eigenvalue weighted by molar-refractivity contribution is 6.40. The fourth-order valence-electron chi connectivity index (χ4n) is 2.82. The highest BCUT2D eigenvalue weighted by Crippen LogP contribution is 2.29. The summed E-state index contributed by atoms with van der Waals surface area (Å²) < 4.78 is 24.3. The number of halogens is 3. The van der Waals surface area contributed by atoms with Crippen molar-refractivity contribution in [1.29, 1.82) is 0 Å². The molecule has 2 N–H and O–H groups in total. The zero-order chi connectivity index (χ0) is 24.7. The average molecular weight is 504 g/mol.